The fourth-order valence-electron chi connectivity index (χ4n) is 3.19. The van der Waals surface area contributed by atoms with Crippen molar-refractivity contribution in [1.29, 1.82) is 0 Å². The molecule has 0 radical (unpaired) electrons. The van der Waals surface area contributed by atoms with Crippen LogP contribution in [0.5, 0.6) is 5.88 Å². The molecule has 2 aromatic rings. The standard InChI is InChI=1S/C20H29N3OS2.C2H2O4/c1-3-4-5-9-17-11-12-18(25-17)10-7-14-24-20-19(21-26-22-20)16-8-6-13-23(2)15-16;3-1(4)2(5)6/h8,11-12H,3-7,9-10,13-15H2,1-2H3;(H,3,4)(H,5,6). The fraction of sp³-hybridized carbons (Fsp3) is 0.545. The lowest BCUT2D eigenvalue weighted by atomic mass is 10.1. The van der Waals surface area contributed by atoms with E-state index in [-0.39, 0.29) is 0 Å². The largest absolute Gasteiger partial charge is 0.475 e. The summed E-state index contributed by atoms with van der Waals surface area (Å²) < 4.78 is 14.8. The van der Waals surface area contributed by atoms with Crippen molar-refractivity contribution in [3.63, 3.8) is 0 Å². The zero-order valence-corrected chi connectivity index (χ0v) is 20.2. The number of aliphatic carboxylic acids is 2. The maximum Gasteiger partial charge on any atom is 0.414 e. The summed E-state index contributed by atoms with van der Waals surface area (Å²) in [6, 6.07) is 4.58. The van der Waals surface area contributed by atoms with E-state index in [4.69, 9.17) is 24.5 Å². The number of unbranched alkanes of at least 4 members (excludes halogenated alkanes) is 2. The van der Waals surface area contributed by atoms with E-state index >= 15 is 0 Å². The molecule has 0 amide bonds. The molecule has 32 heavy (non-hydrogen) atoms. The molecule has 2 aromatic heterocycles. The van der Waals surface area contributed by atoms with Crippen molar-refractivity contribution in [2.75, 3.05) is 26.7 Å². The molecule has 3 heterocycles. The smallest absolute Gasteiger partial charge is 0.414 e. The number of thiophene rings is 1. The monoisotopic (exact) mass is 481 g/mol. The summed E-state index contributed by atoms with van der Waals surface area (Å²) in [6.45, 7) is 4.99. The number of hydrogen-bond acceptors (Lipinski definition) is 8. The maximum atomic E-state index is 9.10. The van der Waals surface area contributed by atoms with Gasteiger partial charge < -0.3 is 19.8 Å². The number of aryl methyl sites for hydroxylation is 2. The zero-order chi connectivity index (χ0) is 23.3. The van der Waals surface area contributed by atoms with Crippen LogP contribution in [0.1, 0.15) is 54.5 Å². The van der Waals surface area contributed by atoms with Crippen LogP contribution >= 0.6 is 23.1 Å². The Kier molecular flexibility index (Phi) is 11.3. The Hall–Kier alpha value is -2.30. The van der Waals surface area contributed by atoms with Crippen LogP contribution in [0.4, 0.5) is 0 Å². The molecule has 8 nitrogen and oxygen atoms in total. The Bertz CT molecular complexity index is 882. The summed E-state index contributed by atoms with van der Waals surface area (Å²) in [5, 5.41) is 14.8. The average Bonchev–Trinajstić information content (AvgIpc) is 3.41. The number of carbonyl (C=O) groups is 2. The zero-order valence-electron chi connectivity index (χ0n) is 18.6. The van der Waals surface area contributed by atoms with Crippen LogP contribution in [-0.2, 0) is 22.4 Å². The number of hydrogen-bond donors (Lipinski definition) is 2. The molecule has 1 aliphatic heterocycles. The number of carboxylic acids is 2. The molecule has 0 spiro atoms. The van der Waals surface area contributed by atoms with Gasteiger partial charge in [-0.2, -0.15) is 4.37 Å². The maximum absolute atomic E-state index is 9.10. The van der Waals surface area contributed by atoms with Crippen LogP contribution in [0, 0.1) is 0 Å². The van der Waals surface area contributed by atoms with Gasteiger partial charge in [0, 0.05) is 22.8 Å². The topological polar surface area (TPSA) is 113 Å². The van der Waals surface area contributed by atoms with Gasteiger partial charge in [0.2, 0.25) is 0 Å². The Morgan fingerprint density at radius 2 is 1.78 bits per heavy atom. The molecule has 0 atom stereocenters. The molecule has 1 aliphatic rings. The van der Waals surface area contributed by atoms with E-state index in [0.717, 1.165) is 38.0 Å². The van der Waals surface area contributed by atoms with Crippen LogP contribution < -0.4 is 4.74 Å². The molecule has 0 bridgehead atoms. The third-order valence-corrected chi connectivity index (χ3v) is 6.55. The van der Waals surface area contributed by atoms with E-state index in [1.54, 1.807) is 0 Å². The molecule has 10 heteroatoms. The third-order valence-electron chi connectivity index (χ3n) is 4.84. The summed E-state index contributed by atoms with van der Waals surface area (Å²) in [5.74, 6) is -2.94. The molecule has 176 valence electrons. The van der Waals surface area contributed by atoms with Gasteiger partial charge in [0.1, 0.15) is 5.69 Å². The first-order valence-electron chi connectivity index (χ1n) is 10.8. The van der Waals surface area contributed by atoms with Crippen molar-refractivity contribution in [3.05, 3.63) is 33.7 Å². The predicted octanol–water partition coefficient (Wildman–Crippen LogP) is 4.22. The highest BCUT2D eigenvalue weighted by molar-refractivity contribution is 7.11. The molecule has 0 saturated carbocycles. The highest BCUT2D eigenvalue weighted by Gasteiger charge is 2.18. The lowest BCUT2D eigenvalue weighted by Gasteiger charge is -2.22. The van der Waals surface area contributed by atoms with Crippen molar-refractivity contribution in [2.24, 2.45) is 0 Å². The summed E-state index contributed by atoms with van der Waals surface area (Å²) in [4.78, 5) is 23.5. The first kappa shape index (κ1) is 26.0. The predicted molar refractivity (Wildman–Crippen MR) is 127 cm³/mol. The van der Waals surface area contributed by atoms with E-state index in [9.17, 15) is 0 Å². The van der Waals surface area contributed by atoms with Crippen LogP contribution in [0.15, 0.2) is 18.2 Å². The van der Waals surface area contributed by atoms with Gasteiger partial charge in [-0.1, -0.05) is 25.8 Å². The molecule has 3 rings (SSSR count). The Balaban J connectivity index is 0.000000534. The quantitative estimate of drug-likeness (QED) is 0.383. The van der Waals surface area contributed by atoms with E-state index in [2.05, 4.69) is 45.8 Å². The molecule has 0 aliphatic carbocycles. The summed E-state index contributed by atoms with van der Waals surface area (Å²) in [6.07, 6.45) is 10.6. The van der Waals surface area contributed by atoms with Gasteiger partial charge in [-0.05, 0) is 56.9 Å². The van der Waals surface area contributed by atoms with Crippen molar-refractivity contribution in [2.45, 2.75) is 51.9 Å². The Morgan fingerprint density at radius 1 is 1.09 bits per heavy atom. The first-order chi connectivity index (χ1) is 15.4. The van der Waals surface area contributed by atoms with E-state index < -0.39 is 11.9 Å². The minimum absolute atomic E-state index is 0.699. The molecule has 0 aromatic carbocycles. The van der Waals surface area contributed by atoms with Crippen molar-refractivity contribution >= 4 is 40.6 Å². The van der Waals surface area contributed by atoms with Gasteiger partial charge in [0.05, 0.1) is 18.3 Å². The third kappa shape index (κ3) is 9.05. The molecule has 2 N–H and O–H groups in total. The van der Waals surface area contributed by atoms with Crippen LogP contribution in [0.25, 0.3) is 5.57 Å². The first-order valence-corrected chi connectivity index (χ1v) is 12.3. The number of rotatable bonds is 10. The SMILES string of the molecule is CCCCCc1ccc(CCCOc2nsnc2C2=CCCN(C)C2)s1.O=C(O)C(=O)O. The summed E-state index contributed by atoms with van der Waals surface area (Å²) in [7, 11) is 2.14. The number of aromatic nitrogens is 2. The minimum Gasteiger partial charge on any atom is -0.475 e. The van der Waals surface area contributed by atoms with E-state index in [0.29, 0.717) is 12.5 Å². The van der Waals surface area contributed by atoms with Gasteiger partial charge in [0.15, 0.2) is 0 Å². The van der Waals surface area contributed by atoms with Crippen molar-refractivity contribution < 1.29 is 24.5 Å². The fourth-order valence-corrected chi connectivity index (χ4v) is 4.82. The highest BCUT2D eigenvalue weighted by atomic mass is 32.1. The van der Waals surface area contributed by atoms with Gasteiger partial charge in [0.25, 0.3) is 5.88 Å². The second-order valence-corrected chi connectivity index (χ2v) is 9.34. The molecule has 0 fully saturated rings. The average molecular weight is 482 g/mol. The second kappa shape index (κ2) is 14.0. The normalized spacial score (nSPS) is 13.8. The van der Waals surface area contributed by atoms with Crippen LogP contribution in [-0.4, -0.2) is 62.5 Å². The van der Waals surface area contributed by atoms with Crippen LogP contribution in [0.2, 0.25) is 0 Å². The lowest BCUT2D eigenvalue weighted by Crippen LogP contribution is -2.25. The van der Waals surface area contributed by atoms with Crippen LogP contribution in [0.3, 0.4) is 0 Å². The van der Waals surface area contributed by atoms with Gasteiger partial charge in [-0.25, -0.2) is 9.59 Å². The number of nitrogens with zero attached hydrogens (tertiary/aromatic N) is 3. The van der Waals surface area contributed by atoms with Gasteiger partial charge in [-0.3, -0.25) is 0 Å². The molecule has 0 unspecified atom stereocenters. The number of ether oxygens (including phenoxy) is 1. The van der Waals surface area contributed by atoms with Crippen molar-refractivity contribution in [3.8, 4) is 5.88 Å². The van der Waals surface area contributed by atoms with Gasteiger partial charge in [-0.15, -0.1) is 15.7 Å². The number of likely N-dealkylation sites (N-methyl/N-ethyl adjacent to an activating group) is 1. The van der Waals surface area contributed by atoms with Gasteiger partial charge >= 0.3 is 11.9 Å². The molecular formula is C22H31N3O5S2. The second-order valence-electron chi connectivity index (χ2n) is 7.56. The highest BCUT2D eigenvalue weighted by Crippen LogP contribution is 2.27. The van der Waals surface area contributed by atoms with E-state index in [1.807, 2.05) is 11.3 Å². The van der Waals surface area contributed by atoms with Crippen molar-refractivity contribution in [1.82, 2.24) is 13.6 Å². The lowest BCUT2D eigenvalue weighted by molar-refractivity contribution is -0.159. The molecular weight excluding hydrogens is 450 g/mol. The Morgan fingerprint density at radius 3 is 2.41 bits per heavy atom. The Labute approximate surface area is 196 Å². The summed E-state index contributed by atoms with van der Waals surface area (Å²) >= 11 is 3.21. The molecule has 0 saturated heterocycles. The number of carboxylic acid groups (broad SMARTS) is 2. The minimum atomic E-state index is -1.82. The van der Waals surface area contributed by atoms with E-state index in [1.165, 1.54) is 52.7 Å². The summed E-state index contributed by atoms with van der Waals surface area (Å²) in [5.41, 5.74) is 2.19.